The van der Waals surface area contributed by atoms with Gasteiger partial charge in [-0.25, -0.2) is 13.1 Å². The fraction of sp³-hybridized carbons (Fsp3) is 0.500. The first-order valence-corrected chi connectivity index (χ1v) is 7.90. The van der Waals surface area contributed by atoms with E-state index in [2.05, 4.69) is 10.0 Å². The Balaban J connectivity index is 2.62. The minimum Gasteiger partial charge on any atom is -0.495 e. The molecule has 0 saturated heterocycles. The maximum atomic E-state index is 12.2. The number of halogens is 1. The monoisotopic (exact) mass is 322 g/mol. The van der Waals surface area contributed by atoms with Gasteiger partial charge in [-0.2, -0.15) is 0 Å². The molecule has 0 amide bonds. The van der Waals surface area contributed by atoms with Crippen molar-refractivity contribution >= 4 is 21.6 Å². The van der Waals surface area contributed by atoms with Gasteiger partial charge in [0.05, 0.1) is 13.7 Å². The summed E-state index contributed by atoms with van der Waals surface area (Å²) in [5, 5.41) is 3.38. The lowest BCUT2D eigenvalue weighted by atomic mass is 10.3. The summed E-state index contributed by atoms with van der Waals surface area (Å²) >= 11 is 5.82. The van der Waals surface area contributed by atoms with Crippen LogP contribution < -0.4 is 14.8 Å². The largest absolute Gasteiger partial charge is 0.495 e. The maximum absolute atomic E-state index is 12.2. The van der Waals surface area contributed by atoms with E-state index in [-0.39, 0.29) is 17.2 Å². The molecule has 1 aromatic rings. The van der Waals surface area contributed by atoms with Crippen molar-refractivity contribution in [2.24, 2.45) is 0 Å². The summed E-state index contributed by atoms with van der Waals surface area (Å²) in [7, 11) is -0.631. The molecule has 0 aliphatic rings. The molecule has 0 aliphatic heterocycles. The van der Waals surface area contributed by atoms with Crippen molar-refractivity contribution in [3.05, 3.63) is 23.2 Å². The van der Waals surface area contributed by atoms with Gasteiger partial charge in [0, 0.05) is 31.8 Å². The van der Waals surface area contributed by atoms with Gasteiger partial charge in [0.15, 0.2) is 0 Å². The third-order valence-electron chi connectivity index (χ3n) is 2.49. The first-order chi connectivity index (χ1) is 9.51. The molecule has 0 aromatic heterocycles. The summed E-state index contributed by atoms with van der Waals surface area (Å²) in [5.74, 6) is 0.259. The molecule has 0 saturated carbocycles. The van der Waals surface area contributed by atoms with Crippen molar-refractivity contribution in [2.75, 3.05) is 40.5 Å². The fourth-order valence-electron chi connectivity index (χ4n) is 1.51. The summed E-state index contributed by atoms with van der Waals surface area (Å²) in [6.45, 7) is 2.01. The second-order valence-corrected chi connectivity index (χ2v) is 6.11. The van der Waals surface area contributed by atoms with Crippen LogP contribution in [0.4, 0.5) is 0 Å². The Morgan fingerprint density at radius 3 is 2.60 bits per heavy atom. The molecule has 0 atom stereocenters. The zero-order valence-corrected chi connectivity index (χ0v) is 13.1. The molecule has 1 rings (SSSR count). The van der Waals surface area contributed by atoms with Crippen LogP contribution in [-0.4, -0.2) is 48.9 Å². The standard InChI is InChI=1S/C12H19ClN2O4S/c1-18-8-7-14-5-6-15-20(16,17)12-9-10(13)3-4-11(12)19-2/h3-4,9,14-15H,5-8H2,1-2H3. The molecule has 0 unspecified atom stereocenters. The predicted molar refractivity (Wildman–Crippen MR) is 77.9 cm³/mol. The molecule has 0 fully saturated rings. The fourth-order valence-corrected chi connectivity index (χ4v) is 2.97. The molecule has 114 valence electrons. The van der Waals surface area contributed by atoms with E-state index in [1.165, 1.54) is 19.2 Å². The van der Waals surface area contributed by atoms with Gasteiger partial charge >= 0.3 is 0 Å². The van der Waals surface area contributed by atoms with E-state index in [0.29, 0.717) is 24.7 Å². The number of benzene rings is 1. The number of sulfonamides is 1. The van der Waals surface area contributed by atoms with E-state index in [9.17, 15) is 8.42 Å². The number of rotatable bonds is 9. The van der Waals surface area contributed by atoms with Crippen LogP contribution in [0.2, 0.25) is 5.02 Å². The number of ether oxygens (including phenoxy) is 2. The average Bonchev–Trinajstić information content (AvgIpc) is 2.42. The molecule has 20 heavy (non-hydrogen) atoms. The van der Waals surface area contributed by atoms with Crippen molar-refractivity contribution in [1.29, 1.82) is 0 Å². The second kappa shape index (κ2) is 8.43. The van der Waals surface area contributed by atoms with E-state index in [1.54, 1.807) is 13.2 Å². The van der Waals surface area contributed by atoms with Gasteiger partial charge in [0.2, 0.25) is 10.0 Å². The van der Waals surface area contributed by atoms with Gasteiger partial charge in [-0.1, -0.05) is 11.6 Å². The normalized spacial score (nSPS) is 11.6. The Morgan fingerprint density at radius 2 is 1.95 bits per heavy atom. The highest BCUT2D eigenvalue weighted by molar-refractivity contribution is 7.89. The summed E-state index contributed by atoms with van der Waals surface area (Å²) in [6, 6.07) is 4.46. The highest BCUT2D eigenvalue weighted by Crippen LogP contribution is 2.26. The predicted octanol–water partition coefficient (Wildman–Crippen LogP) is 0.863. The van der Waals surface area contributed by atoms with Gasteiger partial charge < -0.3 is 14.8 Å². The van der Waals surface area contributed by atoms with Crippen molar-refractivity contribution in [3.63, 3.8) is 0 Å². The number of hydrogen-bond donors (Lipinski definition) is 2. The number of nitrogens with one attached hydrogen (secondary N) is 2. The molecule has 0 heterocycles. The average molecular weight is 323 g/mol. The highest BCUT2D eigenvalue weighted by atomic mass is 35.5. The number of hydrogen-bond acceptors (Lipinski definition) is 5. The Bertz CT molecular complexity index is 522. The summed E-state index contributed by atoms with van der Waals surface area (Å²) in [6.07, 6.45) is 0. The van der Waals surface area contributed by atoms with E-state index in [0.717, 1.165) is 0 Å². The lowest BCUT2D eigenvalue weighted by molar-refractivity contribution is 0.199. The van der Waals surface area contributed by atoms with E-state index >= 15 is 0 Å². The van der Waals surface area contributed by atoms with Gasteiger partial charge in [-0.15, -0.1) is 0 Å². The summed E-state index contributed by atoms with van der Waals surface area (Å²) in [4.78, 5) is 0.0318. The van der Waals surface area contributed by atoms with Gasteiger partial charge in [-0.3, -0.25) is 0 Å². The van der Waals surface area contributed by atoms with E-state index < -0.39 is 10.0 Å². The summed E-state index contributed by atoms with van der Waals surface area (Å²) < 4.78 is 36.7. The third kappa shape index (κ3) is 5.26. The molecule has 6 nitrogen and oxygen atoms in total. The topological polar surface area (TPSA) is 76.7 Å². The maximum Gasteiger partial charge on any atom is 0.244 e. The molecule has 0 spiro atoms. The van der Waals surface area contributed by atoms with E-state index in [1.807, 2.05) is 0 Å². The van der Waals surface area contributed by atoms with Gasteiger partial charge in [0.25, 0.3) is 0 Å². The summed E-state index contributed by atoms with van der Waals surface area (Å²) in [5.41, 5.74) is 0. The van der Waals surface area contributed by atoms with Gasteiger partial charge in [0.1, 0.15) is 10.6 Å². The SMILES string of the molecule is COCCNCCNS(=O)(=O)c1cc(Cl)ccc1OC. The van der Waals surface area contributed by atoms with Crippen LogP contribution in [0.3, 0.4) is 0 Å². The zero-order chi connectivity index (χ0) is 15.0. The van der Waals surface area contributed by atoms with Gasteiger partial charge in [-0.05, 0) is 18.2 Å². The van der Waals surface area contributed by atoms with Crippen LogP contribution in [0.5, 0.6) is 5.75 Å². The zero-order valence-electron chi connectivity index (χ0n) is 11.5. The van der Waals surface area contributed by atoms with Crippen LogP contribution in [0.1, 0.15) is 0 Å². The Labute approximate surface area is 124 Å². The van der Waals surface area contributed by atoms with Crippen molar-refractivity contribution < 1.29 is 17.9 Å². The lowest BCUT2D eigenvalue weighted by Crippen LogP contribution is -2.33. The molecular weight excluding hydrogens is 304 g/mol. The molecular formula is C12H19ClN2O4S. The van der Waals surface area contributed by atoms with Crippen LogP contribution >= 0.6 is 11.6 Å². The van der Waals surface area contributed by atoms with Crippen LogP contribution in [-0.2, 0) is 14.8 Å². The molecule has 0 bridgehead atoms. The molecule has 0 aliphatic carbocycles. The Morgan fingerprint density at radius 1 is 1.20 bits per heavy atom. The lowest BCUT2D eigenvalue weighted by Gasteiger charge is -2.11. The highest BCUT2D eigenvalue weighted by Gasteiger charge is 2.19. The smallest absolute Gasteiger partial charge is 0.244 e. The molecule has 2 N–H and O–H groups in total. The van der Waals surface area contributed by atoms with Crippen LogP contribution in [0.25, 0.3) is 0 Å². The van der Waals surface area contributed by atoms with Crippen molar-refractivity contribution in [3.8, 4) is 5.75 Å². The Kier molecular flexibility index (Phi) is 7.25. The molecule has 1 aromatic carbocycles. The first kappa shape index (κ1) is 17.2. The number of methoxy groups -OCH3 is 2. The van der Waals surface area contributed by atoms with Crippen LogP contribution in [0, 0.1) is 0 Å². The minimum absolute atomic E-state index is 0.0318. The minimum atomic E-state index is -3.65. The first-order valence-electron chi connectivity index (χ1n) is 6.04. The second-order valence-electron chi connectivity index (χ2n) is 3.94. The Hall–Kier alpha value is -0.860. The quantitative estimate of drug-likeness (QED) is 0.660. The molecule has 8 heteroatoms. The van der Waals surface area contributed by atoms with Crippen LogP contribution in [0.15, 0.2) is 23.1 Å². The van der Waals surface area contributed by atoms with E-state index in [4.69, 9.17) is 21.1 Å². The molecule has 0 radical (unpaired) electrons. The van der Waals surface area contributed by atoms with Crippen molar-refractivity contribution in [2.45, 2.75) is 4.90 Å². The van der Waals surface area contributed by atoms with Crippen molar-refractivity contribution in [1.82, 2.24) is 10.0 Å². The third-order valence-corrected chi connectivity index (χ3v) is 4.21.